The van der Waals surface area contributed by atoms with E-state index < -0.39 is 6.09 Å². The molecule has 92 valence electrons. The molecule has 1 aliphatic carbocycles. The third-order valence-electron chi connectivity index (χ3n) is 3.37. The highest BCUT2D eigenvalue weighted by molar-refractivity contribution is 5.65. The van der Waals surface area contributed by atoms with Crippen molar-refractivity contribution in [1.29, 1.82) is 0 Å². The molecule has 4 N–H and O–H groups in total. The summed E-state index contributed by atoms with van der Waals surface area (Å²) in [5.74, 6) is 0.340. The quantitative estimate of drug-likeness (QED) is 0.789. The van der Waals surface area contributed by atoms with E-state index >= 15 is 0 Å². The van der Waals surface area contributed by atoms with E-state index in [-0.39, 0.29) is 6.10 Å². The van der Waals surface area contributed by atoms with Crippen LogP contribution in [-0.4, -0.2) is 6.09 Å². The molecular weight excluding hydrogens is 216 g/mol. The van der Waals surface area contributed by atoms with Crippen molar-refractivity contribution in [3.8, 4) is 0 Å². The third-order valence-corrected chi connectivity index (χ3v) is 3.37. The van der Waals surface area contributed by atoms with Crippen LogP contribution in [-0.2, 0) is 4.74 Å². The van der Waals surface area contributed by atoms with Crippen LogP contribution in [0.15, 0.2) is 24.3 Å². The van der Waals surface area contributed by atoms with Gasteiger partial charge in [-0.05, 0) is 18.9 Å². The largest absolute Gasteiger partial charge is 0.441 e. The molecule has 0 saturated heterocycles. The maximum atomic E-state index is 11.0. The molecule has 0 bridgehead atoms. The number of carbonyl (C=O) groups is 1. The summed E-state index contributed by atoms with van der Waals surface area (Å²) in [4.78, 5) is 11.0. The molecule has 1 atom stereocenters. The molecule has 0 radical (unpaired) electrons. The van der Waals surface area contributed by atoms with Crippen molar-refractivity contribution in [2.45, 2.75) is 31.8 Å². The molecule has 17 heavy (non-hydrogen) atoms. The first-order valence-electron chi connectivity index (χ1n) is 5.99. The number of nitrogen functional groups attached to an aromatic ring is 1. The standard InChI is InChI=1S/C13H18N2O2/c14-11-8-4-3-7-10(11)12(17-13(15)16)9-5-1-2-6-9/h3-4,7-9,12H,1-2,5-6,14H2,(H2,15,16). The molecule has 4 heteroatoms. The second-order valence-corrected chi connectivity index (χ2v) is 4.53. The van der Waals surface area contributed by atoms with Gasteiger partial charge >= 0.3 is 6.09 Å². The van der Waals surface area contributed by atoms with Crippen LogP contribution < -0.4 is 11.5 Å². The van der Waals surface area contributed by atoms with Crippen molar-refractivity contribution in [2.24, 2.45) is 11.7 Å². The number of para-hydroxylation sites is 1. The van der Waals surface area contributed by atoms with Crippen LogP contribution in [0.5, 0.6) is 0 Å². The molecule has 4 nitrogen and oxygen atoms in total. The number of ether oxygens (including phenoxy) is 1. The summed E-state index contributed by atoms with van der Waals surface area (Å²) in [5.41, 5.74) is 12.6. The molecule has 1 aromatic carbocycles. The van der Waals surface area contributed by atoms with Gasteiger partial charge in [-0.2, -0.15) is 0 Å². The lowest BCUT2D eigenvalue weighted by Crippen LogP contribution is -2.22. The van der Waals surface area contributed by atoms with E-state index in [1.165, 1.54) is 12.8 Å². The maximum absolute atomic E-state index is 11.0. The number of hydrogen-bond donors (Lipinski definition) is 2. The highest BCUT2D eigenvalue weighted by Gasteiger charge is 2.30. The topological polar surface area (TPSA) is 78.3 Å². The Kier molecular flexibility index (Phi) is 3.52. The Morgan fingerprint density at radius 3 is 2.53 bits per heavy atom. The van der Waals surface area contributed by atoms with E-state index in [0.717, 1.165) is 18.4 Å². The van der Waals surface area contributed by atoms with Crippen molar-refractivity contribution in [2.75, 3.05) is 5.73 Å². The Morgan fingerprint density at radius 1 is 1.29 bits per heavy atom. The van der Waals surface area contributed by atoms with Crippen LogP contribution in [0.25, 0.3) is 0 Å². The number of primary amides is 1. The predicted molar refractivity (Wildman–Crippen MR) is 66.2 cm³/mol. The molecule has 1 aliphatic rings. The minimum atomic E-state index is -0.731. The normalized spacial score (nSPS) is 17.9. The number of amides is 1. The molecule has 0 aliphatic heterocycles. The molecule has 0 aromatic heterocycles. The zero-order valence-corrected chi connectivity index (χ0v) is 9.76. The zero-order chi connectivity index (χ0) is 12.3. The van der Waals surface area contributed by atoms with E-state index in [1.807, 2.05) is 24.3 Å². The minimum Gasteiger partial charge on any atom is -0.441 e. The van der Waals surface area contributed by atoms with Crippen molar-refractivity contribution in [1.82, 2.24) is 0 Å². The molecular formula is C13H18N2O2. The molecule has 0 spiro atoms. The molecule has 1 fully saturated rings. The van der Waals surface area contributed by atoms with Crippen molar-refractivity contribution in [3.05, 3.63) is 29.8 Å². The molecule has 1 amide bonds. The van der Waals surface area contributed by atoms with Gasteiger partial charge in [0.1, 0.15) is 6.10 Å². The first-order valence-corrected chi connectivity index (χ1v) is 5.99. The van der Waals surface area contributed by atoms with Crippen molar-refractivity contribution in [3.63, 3.8) is 0 Å². The van der Waals surface area contributed by atoms with E-state index in [1.54, 1.807) is 0 Å². The lowest BCUT2D eigenvalue weighted by Gasteiger charge is -2.24. The average molecular weight is 234 g/mol. The Bertz CT molecular complexity index is 400. The Balaban J connectivity index is 2.25. The van der Waals surface area contributed by atoms with Gasteiger partial charge in [-0.15, -0.1) is 0 Å². The van der Waals surface area contributed by atoms with Crippen LogP contribution in [0.1, 0.15) is 37.4 Å². The zero-order valence-electron chi connectivity index (χ0n) is 9.76. The summed E-state index contributed by atoms with van der Waals surface area (Å²) in [6.45, 7) is 0. The van der Waals surface area contributed by atoms with E-state index in [4.69, 9.17) is 16.2 Å². The Hall–Kier alpha value is -1.71. The highest BCUT2D eigenvalue weighted by Crippen LogP contribution is 2.39. The number of rotatable bonds is 3. The van der Waals surface area contributed by atoms with Gasteiger partial charge in [0.25, 0.3) is 0 Å². The van der Waals surface area contributed by atoms with Gasteiger partial charge < -0.3 is 16.2 Å². The number of nitrogens with two attached hydrogens (primary N) is 2. The van der Waals surface area contributed by atoms with Gasteiger partial charge in [0, 0.05) is 17.2 Å². The van der Waals surface area contributed by atoms with Crippen LogP contribution in [0.2, 0.25) is 0 Å². The summed E-state index contributed by atoms with van der Waals surface area (Å²) in [6, 6.07) is 7.50. The first-order chi connectivity index (χ1) is 8.18. The van der Waals surface area contributed by atoms with Gasteiger partial charge in [-0.25, -0.2) is 4.79 Å². The summed E-state index contributed by atoms with van der Waals surface area (Å²) in [6.07, 6.45) is 3.45. The number of hydrogen-bond acceptors (Lipinski definition) is 3. The van der Waals surface area contributed by atoms with Crippen LogP contribution >= 0.6 is 0 Å². The fraction of sp³-hybridized carbons (Fsp3) is 0.462. The average Bonchev–Trinajstić information content (AvgIpc) is 2.80. The fourth-order valence-electron chi connectivity index (χ4n) is 2.57. The monoisotopic (exact) mass is 234 g/mol. The molecule has 1 unspecified atom stereocenters. The highest BCUT2D eigenvalue weighted by atomic mass is 16.6. The minimum absolute atomic E-state index is 0.295. The molecule has 0 heterocycles. The predicted octanol–water partition coefficient (Wildman–Crippen LogP) is 2.60. The van der Waals surface area contributed by atoms with Gasteiger partial charge in [-0.3, -0.25) is 0 Å². The Morgan fingerprint density at radius 2 is 1.94 bits per heavy atom. The van der Waals surface area contributed by atoms with Crippen molar-refractivity contribution < 1.29 is 9.53 Å². The van der Waals surface area contributed by atoms with Crippen LogP contribution in [0, 0.1) is 5.92 Å². The summed E-state index contributed by atoms with van der Waals surface area (Å²) >= 11 is 0. The SMILES string of the molecule is NC(=O)OC(c1ccccc1N)C1CCCC1. The van der Waals surface area contributed by atoms with Gasteiger partial charge in [0.15, 0.2) is 0 Å². The first kappa shape index (κ1) is 11.8. The second-order valence-electron chi connectivity index (χ2n) is 4.53. The second kappa shape index (κ2) is 5.08. The number of benzene rings is 1. The number of anilines is 1. The fourth-order valence-corrected chi connectivity index (χ4v) is 2.57. The van der Waals surface area contributed by atoms with E-state index in [0.29, 0.717) is 11.6 Å². The molecule has 2 rings (SSSR count). The molecule has 1 aromatic rings. The Labute approximate surface area is 101 Å². The van der Waals surface area contributed by atoms with Crippen LogP contribution in [0.3, 0.4) is 0 Å². The van der Waals surface area contributed by atoms with E-state index in [2.05, 4.69) is 0 Å². The third kappa shape index (κ3) is 2.70. The maximum Gasteiger partial charge on any atom is 0.405 e. The van der Waals surface area contributed by atoms with Crippen molar-refractivity contribution >= 4 is 11.8 Å². The van der Waals surface area contributed by atoms with E-state index in [9.17, 15) is 4.79 Å². The lowest BCUT2D eigenvalue weighted by atomic mass is 9.93. The molecule has 1 saturated carbocycles. The van der Waals surface area contributed by atoms with Gasteiger partial charge in [-0.1, -0.05) is 31.0 Å². The van der Waals surface area contributed by atoms with Crippen LogP contribution in [0.4, 0.5) is 10.5 Å². The lowest BCUT2D eigenvalue weighted by molar-refractivity contribution is 0.0699. The number of carbonyl (C=O) groups excluding carboxylic acids is 1. The van der Waals surface area contributed by atoms with Gasteiger partial charge in [0.2, 0.25) is 0 Å². The summed E-state index contributed by atoms with van der Waals surface area (Å²) in [5, 5.41) is 0. The smallest absolute Gasteiger partial charge is 0.405 e. The summed E-state index contributed by atoms with van der Waals surface area (Å²) in [7, 11) is 0. The summed E-state index contributed by atoms with van der Waals surface area (Å²) < 4.78 is 5.26. The van der Waals surface area contributed by atoms with Gasteiger partial charge in [0.05, 0.1) is 0 Å².